The van der Waals surface area contributed by atoms with Gasteiger partial charge in [-0.25, -0.2) is 0 Å². The number of nitrogens with zero attached hydrogens (tertiary/aromatic N) is 2. The summed E-state index contributed by atoms with van der Waals surface area (Å²) >= 11 is 0. The summed E-state index contributed by atoms with van der Waals surface area (Å²) in [5, 5.41) is 6.28. The Kier molecular flexibility index (Phi) is 8.94. The van der Waals surface area contributed by atoms with Crippen molar-refractivity contribution < 1.29 is 17.9 Å². The normalized spacial score (nSPS) is 16.0. The molecule has 0 aromatic heterocycles. The number of guanidine groups is 1. The van der Waals surface area contributed by atoms with Crippen molar-refractivity contribution in [2.45, 2.75) is 31.8 Å². The molecule has 9 heteroatoms. The van der Waals surface area contributed by atoms with E-state index in [4.69, 9.17) is 0 Å². The molecule has 0 spiro atoms. The monoisotopic (exact) mass is 486 g/mol. The first-order chi connectivity index (χ1) is 11.8. The number of nitrogens with one attached hydrogen (secondary N) is 2. The maximum absolute atomic E-state index is 12.5. The van der Waals surface area contributed by atoms with E-state index in [0.29, 0.717) is 23.5 Å². The molecule has 5 nitrogen and oxygen atoms in total. The van der Waals surface area contributed by atoms with E-state index >= 15 is 0 Å². The number of ether oxygens (including phenoxy) is 1. The molecular weight excluding hydrogens is 460 g/mol. The largest absolute Gasteiger partial charge is 0.573 e. The molecule has 1 atom stereocenters. The molecule has 1 aliphatic rings. The summed E-state index contributed by atoms with van der Waals surface area (Å²) in [4.78, 5) is 6.32. The van der Waals surface area contributed by atoms with Crippen LogP contribution < -0.4 is 15.4 Å². The van der Waals surface area contributed by atoms with Gasteiger partial charge in [0.1, 0.15) is 5.75 Å². The molecule has 0 saturated heterocycles. The number of rotatable bonds is 7. The van der Waals surface area contributed by atoms with Gasteiger partial charge in [-0.05, 0) is 38.9 Å². The fraction of sp³-hybridized carbons (Fsp3) is 0.588. The van der Waals surface area contributed by atoms with Crippen molar-refractivity contribution in [3.63, 3.8) is 0 Å². The summed E-state index contributed by atoms with van der Waals surface area (Å²) in [5.41, 5.74) is 0.411. The first-order valence-electron chi connectivity index (χ1n) is 8.24. The van der Waals surface area contributed by atoms with Gasteiger partial charge in [0, 0.05) is 31.7 Å². The third-order valence-electron chi connectivity index (χ3n) is 4.18. The molecule has 0 amide bonds. The van der Waals surface area contributed by atoms with E-state index in [1.54, 1.807) is 19.2 Å². The van der Waals surface area contributed by atoms with E-state index in [2.05, 4.69) is 25.3 Å². The average Bonchev–Trinajstić information content (AvgIpc) is 3.35. The highest BCUT2D eigenvalue weighted by molar-refractivity contribution is 14.0. The van der Waals surface area contributed by atoms with Crippen LogP contribution in [0.2, 0.25) is 0 Å². The second-order valence-corrected chi connectivity index (χ2v) is 6.33. The Morgan fingerprint density at radius 1 is 1.27 bits per heavy atom. The van der Waals surface area contributed by atoms with Crippen LogP contribution in [0.25, 0.3) is 0 Å². The zero-order valence-corrected chi connectivity index (χ0v) is 17.5. The van der Waals surface area contributed by atoms with Crippen LogP contribution in [0.1, 0.15) is 18.4 Å². The van der Waals surface area contributed by atoms with Crippen LogP contribution >= 0.6 is 24.0 Å². The molecule has 0 aliphatic heterocycles. The summed E-state index contributed by atoms with van der Waals surface area (Å²) < 4.78 is 41.5. The number of alkyl halides is 3. The molecule has 26 heavy (non-hydrogen) atoms. The van der Waals surface area contributed by atoms with Gasteiger partial charge < -0.3 is 20.3 Å². The molecule has 1 fully saturated rings. The molecule has 1 aliphatic carbocycles. The van der Waals surface area contributed by atoms with Gasteiger partial charge in [-0.3, -0.25) is 4.99 Å². The minimum atomic E-state index is -4.71. The lowest BCUT2D eigenvalue weighted by Crippen LogP contribution is -2.45. The van der Waals surface area contributed by atoms with Crippen molar-refractivity contribution in [1.82, 2.24) is 15.5 Å². The zero-order valence-electron chi connectivity index (χ0n) is 15.1. The maximum atomic E-state index is 12.5. The number of halogens is 4. The minimum Gasteiger partial charge on any atom is -0.405 e. The van der Waals surface area contributed by atoms with Gasteiger partial charge in [0.25, 0.3) is 0 Å². The van der Waals surface area contributed by atoms with E-state index < -0.39 is 6.36 Å². The van der Waals surface area contributed by atoms with Crippen LogP contribution in [0.4, 0.5) is 13.2 Å². The summed E-state index contributed by atoms with van der Waals surface area (Å²) in [5.74, 6) is 1.04. The van der Waals surface area contributed by atoms with Gasteiger partial charge in [0.05, 0.1) is 0 Å². The molecule has 1 aromatic rings. The predicted octanol–water partition coefficient (Wildman–Crippen LogP) is 3.21. The van der Waals surface area contributed by atoms with Crippen LogP contribution in [0, 0.1) is 5.92 Å². The summed E-state index contributed by atoms with van der Waals surface area (Å²) in [6, 6.07) is 6.49. The van der Waals surface area contributed by atoms with E-state index in [0.717, 1.165) is 6.54 Å². The molecule has 2 rings (SSSR count). The highest BCUT2D eigenvalue weighted by atomic mass is 127. The van der Waals surface area contributed by atoms with Crippen molar-refractivity contribution in [2.24, 2.45) is 10.9 Å². The van der Waals surface area contributed by atoms with Crippen molar-refractivity contribution in [2.75, 3.05) is 27.7 Å². The highest BCUT2D eigenvalue weighted by Gasteiger charge is 2.33. The van der Waals surface area contributed by atoms with Crippen LogP contribution in [0.5, 0.6) is 5.75 Å². The second kappa shape index (κ2) is 10.2. The lowest BCUT2D eigenvalue weighted by molar-refractivity contribution is -0.274. The van der Waals surface area contributed by atoms with Crippen molar-refractivity contribution in [1.29, 1.82) is 0 Å². The predicted molar refractivity (Wildman–Crippen MR) is 107 cm³/mol. The highest BCUT2D eigenvalue weighted by Crippen LogP contribution is 2.34. The molecule has 1 unspecified atom stereocenters. The van der Waals surface area contributed by atoms with E-state index in [1.807, 2.05) is 14.1 Å². The Morgan fingerprint density at radius 3 is 2.46 bits per heavy atom. The fourth-order valence-corrected chi connectivity index (χ4v) is 2.73. The fourth-order valence-electron chi connectivity index (χ4n) is 2.73. The minimum absolute atomic E-state index is 0. The third-order valence-corrected chi connectivity index (χ3v) is 4.18. The lowest BCUT2D eigenvalue weighted by Gasteiger charge is -2.25. The number of benzene rings is 1. The average molecular weight is 486 g/mol. The number of hydrogen-bond donors (Lipinski definition) is 2. The van der Waals surface area contributed by atoms with Gasteiger partial charge in [0.15, 0.2) is 5.96 Å². The van der Waals surface area contributed by atoms with Crippen LogP contribution in [-0.2, 0) is 6.54 Å². The number of para-hydroxylation sites is 1. The molecule has 0 radical (unpaired) electrons. The smallest absolute Gasteiger partial charge is 0.405 e. The van der Waals surface area contributed by atoms with E-state index in [1.165, 1.54) is 25.0 Å². The van der Waals surface area contributed by atoms with Crippen LogP contribution in [0.3, 0.4) is 0 Å². The zero-order chi connectivity index (χ0) is 18.4. The van der Waals surface area contributed by atoms with Crippen LogP contribution in [-0.4, -0.2) is 51.0 Å². The molecule has 148 valence electrons. The van der Waals surface area contributed by atoms with Gasteiger partial charge >= 0.3 is 6.36 Å². The molecule has 2 N–H and O–H groups in total. The van der Waals surface area contributed by atoms with Crippen LogP contribution in [0.15, 0.2) is 29.3 Å². The Balaban J connectivity index is 0.00000338. The second-order valence-electron chi connectivity index (χ2n) is 6.33. The molecule has 1 saturated carbocycles. The number of likely N-dealkylation sites (N-methyl/N-ethyl adjacent to an activating group) is 1. The van der Waals surface area contributed by atoms with E-state index in [-0.39, 0.29) is 36.3 Å². The third kappa shape index (κ3) is 7.56. The summed E-state index contributed by atoms with van der Waals surface area (Å²) in [6.45, 7) is 0.917. The maximum Gasteiger partial charge on any atom is 0.573 e. The van der Waals surface area contributed by atoms with E-state index in [9.17, 15) is 13.2 Å². The van der Waals surface area contributed by atoms with Crippen molar-refractivity contribution in [3.8, 4) is 5.75 Å². The van der Waals surface area contributed by atoms with Gasteiger partial charge in [-0.1, -0.05) is 18.2 Å². The standard InChI is InChI=1S/C17H25F3N4O.HI/c1-21-16(23-11-14(24(2)3)12-8-9-12)22-10-13-6-4-5-7-15(13)25-17(18,19)20;/h4-7,12,14H,8-11H2,1-3H3,(H2,21,22,23);1H. The molecule has 1 aromatic carbocycles. The Bertz CT molecular complexity index is 590. The first-order valence-corrected chi connectivity index (χ1v) is 8.24. The lowest BCUT2D eigenvalue weighted by atomic mass is 10.1. The SMILES string of the molecule is CN=C(NCc1ccccc1OC(F)(F)F)NCC(C1CC1)N(C)C.I. The number of hydrogen-bond acceptors (Lipinski definition) is 3. The quantitative estimate of drug-likeness (QED) is 0.353. The first kappa shape index (κ1) is 22.8. The molecular formula is C17H26F3IN4O. The summed E-state index contributed by atoms with van der Waals surface area (Å²) in [7, 11) is 5.73. The Labute approximate surface area is 169 Å². The van der Waals surface area contributed by atoms with Gasteiger partial charge in [-0.15, -0.1) is 37.1 Å². The van der Waals surface area contributed by atoms with Gasteiger partial charge in [-0.2, -0.15) is 0 Å². The molecule has 0 bridgehead atoms. The van der Waals surface area contributed by atoms with Gasteiger partial charge in [0.2, 0.25) is 0 Å². The Morgan fingerprint density at radius 2 is 1.92 bits per heavy atom. The summed E-state index contributed by atoms with van der Waals surface area (Å²) in [6.07, 6.45) is -2.24. The topological polar surface area (TPSA) is 48.9 Å². The van der Waals surface area contributed by atoms with Crippen molar-refractivity contribution >= 4 is 29.9 Å². The van der Waals surface area contributed by atoms with Crippen molar-refractivity contribution in [3.05, 3.63) is 29.8 Å². The number of aliphatic imine (C=N–C) groups is 1. The Hall–Kier alpha value is -1.23. The molecule has 0 heterocycles.